The lowest BCUT2D eigenvalue weighted by Crippen LogP contribution is -2.11. The van der Waals surface area contributed by atoms with E-state index in [0.717, 1.165) is 94.6 Å². The van der Waals surface area contributed by atoms with Crippen LogP contribution in [0.2, 0.25) is 0 Å². The quantitative estimate of drug-likeness (QED) is 0.136. The summed E-state index contributed by atoms with van der Waals surface area (Å²) in [5, 5.41) is 2.21. The molecule has 2 heteroatoms. The molecule has 0 saturated carbocycles. The van der Waals surface area contributed by atoms with Crippen LogP contribution in [0.3, 0.4) is 0 Å². The Labute approximate surface area is 397 Å². The van der Waals surface area contributed by atoms with Gasteiger partial charge >= 0.3 is 0 Å². The van der Waals surface area contributed by atoms with E-state index in [-0.39, 0.29) is 0 Å². The van der Waals surface area contributed by atoms with Crippen molar-refractivity contribution in [3.63, 3.8) is 0 Å². The van der Waals surface area contributed by atoms with Crippen molar-refractivity contribution in [2.45, 2.75) is 0 Å². The molecule has 2 nitrogen and oxygen atoms in total. The summed E-state index contributed by atoms with van der Waals surface area (Å²) in [7, 11) is 0. The van der Waals surface area contributed by atoms with E-state index in [2.05, 4.69) is 272 Å². The second-order valence-electron chi connectivity index (χ2n) is 17.2. The Morgan fingerprint density at radius 1 is 0.221 bits per heavy atom. The van der Waals surface area contributed by atoms with Gasteiger partial charge in [0.2, 0.25) is 0 Å². The van der Waals surface area contributed by atoms with Crippen molar-refractivity contribution in [2.75, 3.05) is 4.90 Å². The molecule has 0 N–H and O–H groups in total. The van der Waals surface area contributed by atoms with Gasteiger partial charge in [-0.1, -0.05) is 218 Å². The lowest BCUT2D eigenvalue weighted by atomic mass is 9.82. The average molecular weight is 868 g/mol. The van der Waals surface area contributed by atoms with Crippen molar-refractivity contribution in [1.82, 2.24) is 0 Å². The zero-order valence-electron chi connectivity index (χ0n) is 37.3. The molecule has 0 unspecified atom stereocenters. The first-order valence-electron chi connectivity index (χ1n) is 23.2. The Morgan fingerprint density at radius 2 is 0.588 bits per heavy atom. The van der Waals surface area contributed by atoms with E-state index in [1.165, 1.54) is 22.3 Å². The van der Waals surface area contributed by atoms with Crippen LogP contribution < -0.4 is 4.90 Å². The summed E-state index contributed by atoms with van der Waals surface area (Å²) in [4.78, 5) is 2.42. The molecule has 12 rings (SSSR count). The zero-order chi connectivity index (χ0) is 45.2. The van der Waals surface area contributed by atoms with Gasteiger partial charge in [-0.05, 0) is 132 Å². The van der Waals surface area contributed by atoms with Gasteiger partial charge in [0.1, 0.15) is 11.2 Å². The summed E-state index contributed by atoms with van der Waals surface area (Å²) in [6, 6.07) is 98.3. The molecule has 0 saturated heterocycles. The Morgan fingerprint density at radius 3 is 1.07 bits per heavy atom. The number of anilines is 3. The third kappa shape index (κ3) is 7.64. The number of hydrogen-bond donors (Lipinski definition) is 0. The highest BCUT2D eigenvalue weighted by atomic mass is 16.3. The minimum absolute atomic E-state index is 0.857. The fourth-order valence-electron chi connectivity index (χ4n) is 9.86. The van der Waals surface area contributed by atoms with Crippen LogP contribution in [0.15, 0.2) is 277 Å². The van der Waals surface area contributed by atoms with Crippen molar-refractivity contribution in [1.29, 1.82) is 0 Å². The van der Waals surface area contributed by atoms with E-state index < -0.39 is 0 Å². The van der Waals surface area contributed by atoms with Crippen LogP contribution in [0.4, 0.5) is 17.1 Å². The monoisotopic (exact) mass is 867 g/mol. The summed E-state index contributed by atoms with van der Waals surface area (Å²) in [6.45, 7) is 0. The van der Waals surface area contributed by atoms with Crippen molar-refractivity contribution in [3.05, 3.63) is 273 Å². The molecule has 0 aliphatic heterocycles. The normalized spacial score (nSPS) is 11.2. The molecular weight excluding hydrogens is 823 g/mol. The minimum Gasteiger partial charge on any atom is -0.456 e. The molecule has 0 aliphatic rings. The highest BCUT2D eigenvalue weighted by molar-refractivity contribution is 6.09. The number of benzene rings is 11. The molecule has 0 aliphatic carbocycles. The number of nitrogens with zero attached hydrogens (tertiary/aromatic N) is 1. The molecule has 11 aromatic carbocycles. The van der Waals surface area contributed by atoms with Crippen LogP contribution in [0, 0.1) is 0 Å². The summed E-state index contributed by atoms with van der Waals surface area (Å²) in [5.41, 5.74) is 20.9. The summed E-state index contributed by atoms with van der Waals surface area (Å²) < 4.78 is 6.64. The molecule has 1 heterocycles. The standard InChI is InChI=1S/C66H45NO/c1-5-19-46(20-6-1)48-33-38-53(39-34-48)67(54-40-35-49(36-41-54)47-21-7-2-8-22-47)55-44-62(58-29-15-13-27-56(58)50-23-9-3-10-24-50)66(52-37-42-61-60-31-17-18-32-64(60)68-65(61)43-52)63(45-55)59-30-16-14-28-57(59)51-25-11-4-12-26-51/h1-45H. The van der Waals surface area contributed by atoms with Gasteiger partial charge in [0.15, 0.2) is 0 Å². The van der Waals surface area contributed by atoms with Gasteiger partial charge in [-0.2, -0.15) is 0 Å². The van der Waals surface area contributed by atoms with Crippen molar-refractivity contribution in [2.24, 2.45) is 0 Å². The Hall–Kier alpha value is -8.98. The molecule has 68 heavy (non-hydrogen) atoms. The number of hydrogen-bond acceptors (Lipinski definition) is 2. The first kappa shape index (κ1) is 40.5. The second kappa shape index (κ2) is 17.8. The molecule has 12 aromatic rings. The van der Waals surface area contributed by atoms with Crippen molar-refractivity contribution < 1.29 is 4.42 Å². The molecule has 0 spiro atoms. The largest absolute Gasteiger partial charge is 0.456 e. The van der Waals surface area contributed by atoms with Crippen molar-refractivity contribution in [3.8, 4) is 77.9 Å². The first-order chi connectivity index (χ1) is 33.7. The lowest BCUT2D eigenvalue weighted by Gasteiger charge is -2.29. The van der Waals surface area contributed by atoms with E-state index in [1.807, 2.05) is 6.07 Å². The second-order valence-corrected chi connectivity index (χ2v) is 17.2. The third-order valence-electron chi connectivity index (χ3n) is 13.1. The fraction of sp³-hybridized carbons (Fsp3) is 0. The number of para-hydroxylation sites is 1. The van der Waals surface area contributed by atoms with E-state index >= 15 is 0 Å². The van der Waals surface area contributed by atoms with E-state index in [1.54, 1.807) is 0 Å². The summed E-state index contributed by atoms with van der Waals surface area (Å²) in [6.07, 6.45) is 0. The van der Waals surface area contributed by atoms with Crippen LogP contribution in [-0.4, -0.2) is 0 Å². The molecule has 0 atom stereocenters. The molecule has 0 radical (unpaired) electrons. The maximum absolute atomic E-state index is 6.64. The smallest absolute Gasteiger partial charge is 0.136 e. The topological polar surface area (TPSA) is 16.4 Å². The van der Waals surface area contributed by atoms with E-state index in [9.17, 15) is 0 Å². The SMILES string of the molecule is c1ccc(-c2ccc(N(c3ccc(-c4ccccc4)cc3)c3cc(-c4ccccc4-c4ccccc4)c(-c4ccc5c(c4)oc4ccccc45)c(-c4ccccc4-c4ccccc4)c3)cc2)cc1. The predicted octanol–water partition coefficient (Wildman–Crippen LogP) is 18.7. The Bertz CT molecular complexity index is 3500. The summed E-state index contributed by atoms with van der Waals surface area (Å²) >= 11 is 0. The molecule has 1 aromatic heterocycles. The maximum atomic E-state index is 6.64. The Balaban J connectivity index is 1.17. The van der Waals surface area contributed by atoms with E-state index in [4.69, 9.17) is 4.42 Å². The lowest BCUT2D eigenvalue weighted by molar-refractivity contribution is 0.669. The third-order valence-corrected chi connectivity index (χ3v) is 13.1. The summed E-state index contributed by atoms with van der Waals surface area (Å²) in [5.74, 6) is 0. The fourth-order valence-corrected chi connectivity index (χ4v) is 9.86. The van der Waals surface area contributed by atoms with Gasteiger partial charge in [0.05, 0.1) is 0 Å². The predicted molar refractivity (Wildman–Crippen MR) is 286 cm³/mol. The van der Waals surface area contributed by atoms with Crippen LogP contribution >= 0.6 is 0 Å². The molecule has 0 bridgehead atoms. The van der Waals surface area contributed by atoms with Gasteiger partial charge in [0, 0.05) is 27.8 Å². The number of rotatable bonds is 10. The molecule has 0 fully saturated rings. The van der Waals surface area contributed by atoms with Gasteiger partial charge < -0.3 is 9.32 Å². The van der Waals surface area contributed by atoms with Crippen LogP contribution in [0.25, 0.3) is 99.8 Å². The van der Waals surface area contributed by atoms with Gasteiger partial charge in [0.25, 0.3) is 0 Å². The highest BCUT2D eigenvalue weighted by Crippen LogP contribution is 2.50. The van der Waals surface area contributed by atoms with Crippen LogP contribution in [-0.2, 0) is 0 Å². The van der Waals surface area contributed by atoms with Gasteiger partial charge in [-0.3, -0.25) is 0 Å². The molecule has 320 valence electrons. The van der Waals surface area contributed by atoms with E-state index in [0.29, 0.717) is 0 Å². The van der Waals surface area contributed by atoms with Crippen molar-refractivity contribution >= 4 is 39.0 Å². The van der Waals surface area contributed by atoms with Gasteiger partial charge in [-0.15, -0.1) is 0 Å². The number of furan rings is 1. The minimum atomic E-state index is 0.857. The average Bonchev–Trinajstić information content (AvgIpc) is 3.80. The van der Waals surface area contributed by atoms with Gasteiger partial charge in [-0.25, -0.2) is 0 Å². The zero-order valence-corrected chi connectivity index (χ0v) is 37.3. The first-order valence-corrected chi connectivity index (χ1v) is 23.2. The van der Waals surface area contributed by atoms with Crippen LogP contribution in [0.1, 0.15) is 0 Å². The maximum Gasteiger partial charge on any atom is 0.136 e. The molecule has 0 amide bonds. The molecular formula is C66H45NO. The number of fused-ring (bicyclic) bond motifs is 3. The highest BCUT2D eigenvalue weighted by Gasteiger charge is 2.25. The van der Waals surface area contributed by atoms with Crippen LogP contribution in [0.5, 0.6) is 0 Å². The Kier molecular flexibility index (Phi) is 10.6.